The molecule has 0 saturated carbocycles. The number of aliphatic hydroxyl groups is 3. The number of quaternary nitrogens is 1. The Morgan fingerprint density at radius 3 is 2.38 bits per heavy atom. The van der Waals surface area contributed by atoms with Gasteiger partial charge in [0.05, 0.1) is 26.1 Å². The van der Waals surface area contributed by atoms with Crippen molar-refractivity contribution in [1.82, 2.24) is 18.7 Å². The fourth-order valence-electron chi connectivity index (χ4n) is 2.81. The summed E-state index contributed by atoms with van der Waals surface area (Å²) in [4.78, 5) is 29.2. The number of fused-ring (bicyclic) bond motifs is 1. The zero-order chi connectivity index (χ0) is 17.9. The molecule has 0 bridgehead atoms. The molecule has 2 aromatic rings. The van der Waals surface area contributed by atoms with E-state index in [0.29, 0.717) is 19.6 Å². The molecule has 0 saturated heterocycles. The topological polar surface area (TPSA) is 127 Å². The van der Waals surface area contributed by atoms with Crippen molar-refractivity contribution in [3.63, 3.8) is 0 Å². The van der Waals surface area contributed by atoms with E-state index in [1.807, 2.05) is 0 Å². The predicted molar refractivity (Wildman–Crippen MR) is 86.0 cm³/mol. The molecule has 0 spiro atoms. The highest BCUT2D eigenvalue weighted by Crippen LogP contribution is 2.06. The van der Waals surface area contributed by atoms with E-state index in [2.05, 4.69) is 4.98 Å². The Morgan fingerprint density at radius 2 is 1.79 bits per heavy atom. The zero-order valence-corrected chi connectivity index (χ0v) is 13.8. The molecule has 134 valence electrons. The molecule has 0 aliphatic heterocycles. The van der Waals surface area contributed by atoms with Crippen molar-refractivity contribution in [2.45, 2.75) is 12.6 Å². The van der Waals surface area contributed by atoms with Crippen LogP contribution >= 0.6 is 0 Å². The number of imidazole rings is 1. The first-order valence-corrected chi connectivity index (χ1v) is 7.74. The third kappa shape index (κ3) is 3.56. The summed E-state index contributed by atoms with van der Waals surface area (Å²) < 4.78 is 3.81. The van der Waals surface area contributed by atoms with E-state index in [1.54, 1.807) is 0 Å². The van der Waals surface area contributed by atoms with Gasteiger partial charge >= 0.3 is 5.69 Å². The number of nitrogens with one attached hydrogen (secondary N) is 1. The molecule has 0 aliphatic carbocycles. The fourth-order valence-corrected chi connectivity index (χ4v) is 2.81. The average molecular weight is 342 g/mol. The highest BCUT2D eigenvalue weighted by Gasteiger charge is 2.19. The van der Waals surface area contributed by atoms with Crippen LogP contribution in [0.1, 0.15) is 0 Å². The summed E-state index contributed by atoms with van der Waals surface area (Å²) in [7, 11) is 2.93. The largest absolute Gasteiger partial charge is 0.391 e. The second-order valence-electron chi connectivity index (χ2n) is 5.83. The minimum atomic E-state index is -0.794. The van der Waals surface area contributed by atoms with Gasteiger partial charge in [-0.3, -0.25) is 13.9 Å². The van der Waals surface area contributed by atoms with E-state index < -0.39 is 17.4 Å². The lowest BCUT2D eigenvalue weighted by Crippen LogP contribution is -3.14. The summed E-state index contributed by atoms with van der Waals surface area (Å²) in [5.74, 6) is 0. The monoisotopic (exact) mass is 342 g/mol. The number of hydrogen-bond donors (Lipinski definition) is 4. The molecule has 1 atom stereocenters. The maximum Gasteiger partial charge on any atom is 0.332 e. The van der Waals surface area contributed by atoms with E-state index in [-0.39, 0.29) is 30.9 Å². The minimum Gasteiger partial charge on any atom is -0.391 e. The summed E-state index contributed by atoms with van der Waals surface area (Å²) >= 11 is 0. The number of nitrogens with zero attached hydrogens (tertiary/aromatic N) is 4. The van der Waals surface area contributed by atoms with Crippen LogP contribution in [0, 0.1) is 0 Å². The highest BCUT2D eigenvalue weighted by atomic mass is 16.3. The molecular formula is C14H24N5O5+. The van der Waals surface area contributed by atoms with Crippen molar-refractivity contribution in [3.8, 4) is 0 Å². The van der Waals surface area contributed by atoms with Gasteiger partial charge in [-0.2, -0.15) is 0 Å². The van der Waals surface area contributed by atoms with Crippen molar-refractivity contribution in [3.05, 3.63) is 27.2 Å². The van der Waals surface area contributed by atoms with Gasteiger partial charge in [-0.1, -0.05) is 0 Å². The fraction of sp³-hybridized carbons (Fsp3) is 0.643. The molecule has 0 aromatic carbocycles. The third-order valence-corrected chi connectivity index (χ3v) is 4.08. The van der Waals surface area contributed by atoms with Crippen LogP contribution in [0.5, 0.6) is 0 Å². The molecule has 2 rings (SSSR count). The first-order valence-electron chi connectivity index (χ1n) is 7.74. The van der Waals surface area contributed by atoms with Gasteiger partial charge in [0, 0.05) is 14.1 Å². The number of hydrogen-bond acceptors (Lipinski definition) is 6. The highest BCUT2D eigenvalue weighted by molar-refractivity contribution is 5.69. The second kappa shape index (κ2) is 7.71. The lowest BCUT2D eigenvalue weighted by Gasteiger charge is -2.21. The van der Waals surface area contributed by atoms with Gasteiger partial charge in [0.2, 0.25) is 0 Å². The van der Waals surface area contributed by atoms with E-state index in [9.17, 15) is 14.7 Å². The molecule has 4 N–H and O–H groups in total. The van der Waals surface area contributed by atoms with Crippen LogP contribution in [0.15, 0.2) is 15.9 Å². The molecule has 2 heterocycles. The van der Waals surface area contributed by atoms with E-state index in [0.717, 1.165) is 9.47 Å². The Labute approximate surface area is 137 Å². The lowest BCUT2D eigenvalue weighted by molar-refractivity contribution is -0.904. The Hall–Kier alpha value is -2.01. The molecule has 10 nitrogen and oxygen atoms in total. The van der Waals surface area contributed by atoms with Crippen LogP contribution in [0.4, 0.5) is 0 Å². The lowest BCUT2D eigenvalue weighted by atomic mass is 10.3. The van der Waals surface area contributed by atoms with Gasteiger partial charge in [-0.05, 0) is 0 Å². The van der Waals surface area contributed by atoms with E-state index in [4.69, 9.17) is 10.2 Å². The summed E-state index contributed by atoms with van der Waals surface area (Å²) in [6.07, 6.45) is 0.629. The maximum absolute atomic E-state index is 12.3. The van der Waals surface area contributed by atoms with Gasteiger partial charge in [0.25, 0.3) is 5.56 Å². The maximum atomic E-state index is 12.3. The number of aliphatic hydroxyl groups excluding tert-OH is 3. The van der Waals surface area contributed by atoms with Crippen molar-refractivity contribution < 1.29 is 20.2 Å². The molecule has 0 aliphatic rings. The summed E-state index contributed by atoms with van der Waals surface area (Å²) in [6, 6.07) is 0. The minimum absolute atomic E-state index is 0.0429. The van der Waals surface area contributed by atoms with Gasteiger partial charge in [-0.25, -0.2) is 9.78 Å². The standard InChI is InChI=1S/C14H23N5O5/c1-16-12-11(13(23)17(2)14(16)24)19(9-15-12)8-10(22)7-18(3-5-20)4-6-21/h9-10,20-22H,3-8H2,1-2H3/p+1/t10-/m0/s1. The Bertz CT molecular complexity index is 802. The molecule has 0 amide bonds. The Kier molecular flexibility index (Phi) is 5.89. The van der Waals surface area contributed by atoms with Crippen LogP contribution in [-0.2, 0) is 20.6 Å². The van der Waals surface area contributed by atoms with Crippen LogP contribution in [0.2, 0.25) is 0 Å². The molecular weight excluding hydrogens is 318 g/mol. The van der Waals surface area contributed by atoms with Crippen LogP contribution in [0.25, 0.3) is 11.2 Å². The van der Waals surface area contributed by atoms with Crippen molar-refractivity contribution >= 4 is 11.2 Å². The zero-order valence-electron chi connectivity index (χ0n) is 13.8. The molecule has 0 unspecified atom stereocenters. The number of rotatable bonds is 8. The molecule has 0 fully saturated rings. The smallest absolute Gasteiger partial charge is 0.332 e. The number of aromatic nitrogens is 4. The summed E-state index contributed by atoms with van der Waals surface area (Å²) in [6.45, 7) is 1.19. The van der Waals surface area contributed by atoms with E-state index >= 15 is 0 Å². The SMILES string of the molecule is Cn1c(=O)c2c(ncn2C[C@@H](O)C[NH+](CCO)CCO)n(C)c1=O. The predicted octanol–water partition coefficient (Wildman–Crippen LogP) is -4.34. The molecule has 2 aromatic heterocycles. The third-order valence-electron chi connectivity index (χ3n) is 4.08. The van der Waals surface area contributed by atoms with Gasteiger partial charge in [-0.15, -0.1) is 0 Å². The first kappa shape index (κ1) is 18.3. The second-order valence-corrected chi connectivity index (χ2v) is 5.83. The van der Waals surface area contributed by atoms with E-state index in [1.165, 1.54) is 29.6 Å². The normalized spacial score (nSPS) is 13.1. The number of aryl methyl sites for hydroxylation is 1. The Morgan fingerprint density at radius 1 is 1.17 bits per heavy atom. The average Bonchev–Trinajstić information content (AvgIpc) is 2.95. The first-order chi connectivity index (χ1) is 11.4. The van der Waals surface area contributed by atoms with Crippen LogP contribution < -0.4 is 16.1 Å². The van der Waals surface area contributed by atoms with Gasteiger partial charge in [0.15, 0.2) is 11.2 Å². The molecule has 24 heavy (non-hydrogen) atoms. The quantitative estimate of drug-likeness (QED) is 0.384. The van der Waals surface area contributed by atoms with Crippen molar-refractivity contribution in [2.75, 3.05) is 32.8 Å². The van der Waals surface area contributed by atoms with Crippen molar-refractivity contribution in [2.24, 2.45) is 14.1 Å². The van der Waals surface area contributed by atoms with Crippen LogP contribution in [-0.4, -0.2) is 73.0 Å². The molecule has 10 heteroatoms. The van der Waals surface area contributed by atoms with Crippen LogP contribution in [0.3, 0.4) is 0 Å². The summed E-state index contributed by atoms with van der Waals surface area (Å²) in [5, 5.41) is 28.3. The van der Waals surface area contributed by atoms with Crippen molar-refractivity contribution in [1.29, 1.82) is 0 Å². The Balaban J connectivity index is 2.27. The van der Waals surface area contributed by atoms with Gasteiger partial charge in [0.1, 0.15) is 25.7 Å². The molecule has 0 radical (unpaired) electrons. The summed E-state index contributed by atoms with van der Waals surface area (Å²) in [5.41, 5.74) is -0.401. The van der Waals surface area contributed by atoms with Gasteiger partial charge < -0.3 is 24.8 Å².